The second-order valence-corrected chi connectivity index (χ2v) is 10.7. The van der Waals surface area contributed by atoms with E-state index in [1.54, 1.807) is 47.4 Å². The van der Waals surface area contributed by atoms with Crippen molar-refractivity contribution >= 4 is 17.7 Å². The number of nitrogens with one attached hydrogen (secondary N) is 2. The summed E-state index contributed by atoms with van der Waals surface area (Å²) in [5.41, 5.74) is 0.739. The van der Waals surface area contributed by atoms with Crippen LogP contribution in [0.4, 0.5) is 4.39 Å². The summed E-state index contributed by atoms with van der Waals surface area (Å²) in [6, 6.07) is 12.6. The van der Waals surface area contributed by atoms with Crippen LogP contribution in [0.5, 0.6) is 5.75 Å². The predicted molar refractivity (Wildman–Crippen MR) is 147 cm³/mol. The Hall–Kier alpha value is -3.72. The number of para-hydroxylation sites is 1. The molecule has 3 amide bonds. The molecule has 2 N–H and O–H groups in total. The second-order valence-electron chi connectivity index (χ2n) is 10.7. The van der Waals surface area contributed by atoms with E-state index >= 15 is 0 Å². The van der Waals surface area contributed by atoms with E-state index in [9.17, 15) is 18.8 Å². The average molecular weight is 550 g/mol. The van der Waals surface area contributed by atoms with Crippen molar-refractivity contribution in [3.05, 3.63) is 77.6 Å². The summed E-state index contributed by atoms with van der Waals surface area (Å²) < 4.78 is 25.9. The van der Waals surface area contributed by atoms with Gasteiger partial charge in [0.15, 0.2) is 6.61 Å². The van der Waals surface area contributed by atoms with Crippen LogP contribution in [-0.2, 0) is 20.7 Å². The fraction of sp³-hybridized carbons (Fsp3) is 0.452. The lowest BCUT2D eigenvalue weighted by Gasteiger charge is -2.41. The number of rotatable bonds is 2. The number of ether oxygens (including phenoxy) is 2. The number of carbonyl (C=O) groups excluding carboxylic acids is 3. The van der Waals surface area contributed by atoms with Gasteiger partial charge in [0.1, 0.15) is 11.6 Å². The first-order chi connectivity index (χ1) is 19.5. The van der Waals surface area contributed by atoms with E-state index in [1.165, 1.54) is 6.07 Å². The van der Waals surface area contributed by atoms with Gasteiger partial charge in [-0.2, -0.15) is 0 Å². The van der Waals surface area contributed by atoms with Gasteiger partial charge in [0, 0.05) is 31.2 Å². The molecule has 212 valence electrons. The number of benzene rings is 2. The summed E-state index contributed by atoms with van der Waals surface area (Å²) in [6.45, 7) is 1.41. The van der Waals surface area contributed by atoms with Crippen LogP contribution in [0.3, 0.4) is 0 Å². The van der Waals surface area contributed by atoms with Gasteiger partial charge in [0.25, 0.3) is 11.8 Å². The zero-order valence-electron chi connectivity index (χ0n) is 22.5. The SMILES string of the molecule is O=C1COc2ccccc2C(=O)N[C@@H]2CCOC[C@@H]2C/C=C/C[C@H]2[C@@H](CCCN2C(=O)Cc2ccccc2F)N1. The lowest BCUT2D eigenvalue weighted by molar-refractivity contribution is -0.136. The molecule has 0 saturated carbocycles. The van der Waals surface area contributed by atoms with Gasteiger partial charge in [0.2, 0.25) is 5.91 Å². The third-order valence-corrected chi connectivity index (χ3v) is 8.01. The molecule has 0 aliphatic carbocycles. The third kappa shape index (κ3) is 6.70. The quantitative estimate of drug-likeness (QED) is 0.560. The summed E-state index contributed by atoms with van der Waals surface area (Å²) in [6.07, 6.45) is 7.48. The minimum Gasteiger partial charge on any atom is -0.483 e. The van der Waals surface area contributed by atoms with Crippen LogP contribution in [0, 0.1) is 11.7 Å². The van der Waals surface area contributed by atoms with Gasteiger partial charge < -0.3 is 25.0 Å². The average Bonchev–Trinajstić information content (AvgIpc) is 2.96. The van der Waals surface area contributed by atoms with Crippen LogP contribution in [0.2, 0.25) is 0 Å². The molecule has 2 saturated heterocycles. The van der Waals surface area contributed by atoms with E-state index in [1.807, 2.05) is 6.08 Å². The highest BCUT2D eigenvalue weighted by Crippen LogP contribution is 2.26. The Bertz CT molecular complexity index is 1250. The molecule has 3 heterocycles. The topological polar surface area (TPSA) is 97.0 Å². The van der Waals surface area contributed by atoms with Gasteiger partial charge in [-0.1, -0.05) is 42.5 Å². The smallest absolute Gasteiger partial charge is 0.258 e. The molecule has 4 atom stereocenters. The van der Waals surface area contributed by atoms with Gasteiger partial charge in [-0.3, -0.25) is 14.4 Å². The predicted octanol–water partition coefficient (Wildman–Crippen LogP) is 3.41. The van der Waals surface area contributed by atoms with Crippen molar-refractivity contribution < 1.29 is 28.2 Å². The summed E-state index contributed by atoms with van der Waals surface area (Å²) in [5.74, 6) is -0.674. The molecular weight excluding hydrogens is 513 g/mol. The molecule has 2 aromatic carbocycles. The number of amides is 3. The maximum Gasteiger partial charge on any atom is 0.258 e. The van der Waals surface area contributed by atoms with Gasteiger partial charge >= 0.3 is 0 Å². The number of piperidine rings is 1. The number of fused-ring (bicyclic) bond motifs is 3. The van der Waals surface area contributed by atoms with E-state index in [4.69, 9.17) is 9.47 Å². The number of hydrogen-bond donors (Lipinski definition) is 2. The minimum atomic E-state index is -0.399. The van der Waals surface area contributed by atoms with Crippen molar-refractivity contribution in [3.8, 4) is 5.75 Å². The molecule has 0 bridgehead atoms. The van der Waals surface area contributed by atoms with Crippen molar-refractivity contribution in [1.82, 2.24) is 15.5 Å². The second kappa shape index (κ2) is 13.1. The maximum atomic E-state index is 14.3. The van der Waals surface area contributed by atoms with Gasteiger partial charge in [-0.25, -0.2) is 4.39 Å². The highest BCUT2D eigenvalue weighted by molar-refractivity contribution is 5.97. The Morgan fingerprint density at radius 1 is 0.975 bits per heavy atom. The maximum absolute atomic E-state index is 14.3. The molecular formula is C31H36FN3O5. The molecule has 40 heavy (non-hydrogen) atoms. The van der Waals surface area contributed by atoms with Crippen LogP contribution >= 0.6 is 0 Å². The lowest BCUT2D eigenvalue weighted by atomic mass is 9.90. The van der Waals surface area contributed by atoms with Crippen molar-refractivity contribution in [1.29, 1.82) is 0 Å². The molecule has 2 fully saturated rings. The summed E-state index contributed by atoms with van der Waals surface area (Å²) in [4.78, 5) is 41.4. The summed E-state index contributed by atoms with van der Waals surface area (Å²) in [7, 11) is 0. The largest absolute Gasteiger partial charge is 0.483 e. The minimum absolute atomic E-state index is 0.0335. The molecule has 9 heteroatoms. The highest BCUT2D eigenvalue weighted by Gasteiger charge is 2.35. The molecule has 0 spiro atoms. The molecule has 3 aliphatic rings. The first-order valence-corrected chi connectivity index (χ1v) is 14.1. The molecule has 0 aromatic heterocycles. The molecule has 8 nitrogen and oxygen atoms in total. The molecule has 0 radical (unpaired) electrons. The molecule has 5 rings (SSSR count). The molecule has 0 unspecified atom stereocenters. The highest BCUT2D eigenvalue weighted by atomic mass is 19.1. The Labute approximate surface area is 233 Å². The van der Waals surface area contributed by atoms with Crippen molar-refractivity contribution in [3.63, 3.8) is 0 Å². The monoisotopic (exact) mass is 549 g/mol. The van der Waals surface area contributed by atoms with Crippen LogP contribution in [0.1, 0.15) is 48.0 Å². The summed E-state index contributed by atoms with van der Waals surface area (Å²) in [5, 5.41) is 6.21. The van der Waals surface area contributed by atoms with Crippen LogP contribution in [0.25, 0.3) is 0 Å². The van der Waals surface area contributed by atoms with E-state index in [-0.39, 0.29) is 54.8 Å². The van der Waals surface area contributed by atoms with Crippen LogP contribution in [0.15, 0.2) is 60.7 Å². The number of likely N-dealkylation sites (tertiary alicyclic amines) is 1. The third-order valence-electron chi connectivity index (χ3n) is 8.01. The van der Waals surface area contributed by atoms with E-state index in [0.29, 0.717) is 62.3 Å². The van der Waals surface area contributed by atoms with Gasteiger partial charge in [-0.15, -0.1) is 0 Å². The zero-order valence-corrected chi connectivity index (χ0v) is 22.5. The van der Waals surface area contributed by atoms with Gasteiger partial charge in [0.05, 0.1) is 24.6 Å². The van der Waals surface area contributed by atoms with Crippen molar-refractivity contribution in [2.45, 2.75) is 56.7 Å². The zero-order chi connectivity index (χ0) is 27.9. The van der Waals surface area contributed by atoms with Gasteiger partial charge in [-0.05, 0) is 55.9 Å². The Morgan fingerprint density at radius 3 is 2.65 bits per heavy atom. The van der Waals surface area contributed by atoms with Crippen LogP contribution < -0.4 is 15.4 Å². The number of allylic oxidation sites excluding steroid dienone is 1. The number of nitrogens with zero attached hydrogens (tertiary/aromatic N) is 1. The standard InChI is InChI=1S/C31H36FN3O5/c32-24-11-4-1-8-21(24)18-30(37)35-16-7-12-26-27(35)13-5-2-9-22-19-39-17-15-25(22)34-31(38)23-10-3-6-14-28(23)40-20-29(36)33-26/h1-6,8,10-11,14,22,25-27H,7,9,12-13,15-20H2,(H,33,36)(H,34,38)/b5-2+/t22-,25+,26+,27-/m0/s1. The fourth-order valence-corrected chi connectivity index (χ4v) is 5.88. The number of hydrogen-bond acceptors (Lipinski definition) is 5. The normalized spacial score (nSPS) is 26.7. The van der Waals surface area contributed by atoms with Crippen LogP contribution in [-0.4, -0.2) is 67.1 Å². The first kappa shape index (κ1) is 27.8. The Balaban J connectivity index is 1.39. The van der Waals surface area contributed by atoms with E-state index < -0.39 is 5.82 Å². The fourth-order valence-electron chi connectivity index (χ4n) is 5.88. The first-order valence-electron chi connectivity index (χ1n) is 14.1. The van der Waals surface area contributed by atoms with E-state index in [0.717, 1.165) is 6.42 Å². The Morgan fingerprint density at radius 2 is 1.77 bits per heavy atom. The molecule has 3 aliphatic heterocycles. The lowest BCUT2D eigenvalue weighted by Crippen LogP contribution is -2.57. The Kier molecular flexibility index (Phi) is 9.11. The summed E-state index contributed by atoms with van der Waals surface area (Å²) >= 11 is 0. The molecule has 2 aromatic rings. The van der Waals surface area contributed by atoms with Crippen molar-refractivity contribution in [2.24, 2.45) is 5.92 Å². The number of halogens is 1. The number of carbonyl (C=O) groups is 3. The van der Waals surface area contributed by atoms with Crippen molar-refractivity contribution in [2.75, 3.05) is 26.4 Å². The van der Waals surface area contributed by atoms with E-state index in [2.05, 4.69) is 16.7 Å².